The first-order valence-corrected chi connectivity index (χ1v) is 6.23. The molecular formula is C11H14Cl2N2OS. The van der Waals surface area contributed by atoms with Gasteiger partial charge in [0.05, 0.1) is 10.7 Å². The van der Waals surface area contributed by atoms with E-state index in [4.69, 9.17) is 11.6 Å². The van der Waals surface area contributed by atoms with Gasteiger partial charge in [0.1, 0.15) is 0 Å². The Hall–Kier alpha value is -0.710. The SMILES string of the molecule is CCSC(=NNc1ccccc1Cl)C(C)=O.Cl. The Labute approximate surface area is 116 Å². The van der Waals surface area contributed by atoms with Gasteiger partial charge >= 0.3 is 0 Å². The van der Waals surface area contributed by atoms with Gasteiger partial charge in [-0.05, 0) is 17.9 Å². The van der Waals surface area contributed by atoms with Crippen LogP contribution < -0.4 is 5.43 Å². The number of ketones is 1. The zero-order chi connectivity index (χ0) is 12.0. The number of thioether (sulfide) groups is 1. The van der Waals surface area contributed by atoms with Crippen molar-refractivity contribution in [3.05, 3.63) is 29.3 Å². The maximum Gasteiger partial charge on any atom is 0.186 e. The molecule has 0 amide bonds. The fraction of sp³-hybridized carbons (Fsp3) is 0.273. The third kappa shape index (κ3) is 5.44. The number of nitrogens with one attached hydrogen (secondary N) is 1. The molecule has 0 spiro atoms. The number of para-hydroxylation sites is 1. The molecule has 0 radical (unpaired) electrons. The predicted octanol–water partition coefficient (Wildman–Crippen LogP) is 3.83. The Bertz CT molecular complexity index is 410. The van der Waals surface area contributed by atoms with Crippen molar-refractivity contribution in [2.45, 2.75) is 13.8 Å². The minimum Gasteiger partial charge on any atom is -0.292 e. The molecule has 0 aliphatic carbocycles. The summed E-state index contributed by atoms with van der Waals surface area (Å²) in [5, 5.41) is 5.08. The van der Waals surface area contributed by atoms with Crippen molar-refractivity contribution in [2.24, 2.45) is 5.10 Å². The van der Waals surface area contributed by atoms with E-state index in [-0.39, 0.29) is 18.2 Å². The number of halogens is 2. The lowest BCUT2D eigenvalue weighted by atomic mass is 10.3. The number of carbonyl (C=O) groups is 1. The van der Waals surface area contributed by atoms with Gasteiger partial charge in [0.25, 0.3) is 0 Å². The van der Waals surface area contributed by atoms with Crippen LogP contribution >= 0.6 is 35.8 Å². The standard InChI is InChI=1S/C11H13ClN2OS.ClH/c1-3-16-11(8(2)15)14-13-10-7-5-4-6-9(10)12;/h4-7,13H,3H2,1-2H3;1H. The Balaban J connectivity index is 0.00000256. The fourth-order valence-corrected chi connectivity index (χ4v) is 1.78. The molecule has 3 nitrogen and oxygen atoms in total. The van der Waals surface area contributed by atoms with Crippen LogP contribution in [0.4, 0.5) is 5.69 Å². The number of hydrogen-bond donors (Lipinski definition) is 1. The van der Waals surface area contributed by atoms with Gasteiger partial charge in [-0.25, -0.2) is 0 Å². The Kier molecular flexibility index (Phi) is 8.04. The lowest BCUT2D eigenvalue weighted by Crippen LogP contribution is -2.08. The molecule has 6 heteroatoms. The maximum atomic E-state index is 11.2. The zero-order valence-electron chi connectivity index (χ0n) is 9.57. The summed E-state index contributed by atoms with van der Waals surface area (Å²) in [6.45, 7) is 3.47. The monoisotopic (exact) mass is 292 g/mol. The van der Waals surface area contributed by atoms with Crippen LogP contribution in [0.15, 0.2) is 29.4 Å². The second-order valence-corrected chi connectivity index (χ2v) is 4.66. The van der Waals surface area contributed by atoms with Gasteiger partial charge in [-0.2, -0.15) is 5.10 Å². The summed E-state index contributed by atoms with van der Waals surface area (Å²) in [7, 11) is 0. The van der Waals surface area contributed by atoms with E-state index in [9.17, 15) is 4.79 Å². The molecule has 17 heavy (non-hydrogen) atoms. The Morgan fingerprint density at radius 1 is 1.47 bits per heavy atom. The molecule has 1 aromatic rings. The van der Waals surface area contributed by atoms with E-state index in [2.05, 4.69) is 10.5 Å². The van der Waals surface area contributed by atoms with Crippen molar-refractivity contribution >= 4 is 52.3 Å². The molecule has 0 saturated heterocycles. The van der Waals surface area contributed by atoms with Crippen LogP contribution in [-0.4, -0.2) is 16.6 Å². The van der Waals surface area contributed by atoms with E-state index in [1.165, 1.54) is 18.7 Å². The van der Waals surface area contributed by atoms with Crippen LogP contribution in [0.2, 0.25) is 5.02 Å². The van der Waals surface area contributed by atoms with Gasteiger partial charge in [0, 0.05) is 6.92 Å². The van der Waals surface area contributed by atoms with Crippen molar-refractivity contribution in [3.63, 3.8) is 0 Å². The number of hydrazone groups is 1. The highest BCUT2D eigenvalue weighted by Gasteiger charge is 2.05. The molecule has 94 valence electrons. The first-order chi connectivity index (χ1) is 7.65. The van der Waals surface area contributed by atoms with Crippen LogP contribution in [0.5, 0.6) is 0 Å². The lowest BCUT2D eigenvalue weighted by Gasteiger charge is -2.04. The summed E-state index contributed by atoms with van der Waals surface area (Å²) in [5.41, 5.74) is 3.49. The van der Waals surface area contributed by atoms with E-state index >= 15 is 0 Å². The van der Waals surface area contributed by atoms with Gasteiger partial charge in [0.2, 0.25) is 0 Å². The van der Waals surface area contributed by atoms with Crippen LogP contribution in [0.3, 0.4) is 0 Å². The van der Waals surface area contributed by atoms with Gasteiger partial charge < -0.3 is 0 Å². The molecule has 1 aromatic carbocycles. The summed E-state index contributed by atoms with van der Waals surface area (Å²) < 4.78 is 0. The van der Waals surface area contributed by atoms with Crippen molar-refractivity contribution in [1.82, 2.24) is 0 Å². The normalized spacial score (nSPS) is 10.6. The average Bonchev–Trinajstić information content (AvgIpc) is 2.26. The molecule has 0 aromatic heterocycles. The number of nitrogens with zero attached hydrogens (tertiary/aromatic N) is 1. The second-order valence-electron chi connectivity index (χ2n) is 3.00. The lowest BCUT2D eigenvalue weighted by molar-refractivity contribution is -0.110. The van der Waals surface area contributed by atoms with Crippen molar-refractivity contribution in [1.29, 1.82) is 0 Å². The Morgan fingerprint density at radius 2 is 2.12 bits per heavy atom. The minimum atomic E-state index is -0.0496. The highest BCUT2D eigenvalue weighted by Crippen LogP contribution is 2.20. The van der Waals surface area contributed by atoms with Crippen LogP contribution in [0, 0.1) is 0 Å². The molecule has 0 bridgehead atoms. The third-order valence-corrected chi connectivity index (χ3v) is 3.00. The summed E-state index contributed by atoms with van der Waals surface area (Å²) >= 11 is 7.35. The molecule has 0 aliphatic rings. The molecular weight excluding hydrogens is 279 g/mol. The molecule has 0 saturated carbocycles. The molecule has 1 N–H and O–H groups in total. The van der Waals surface area contributed by atoms with Gasteiger partial charge in [-0.3, -0.25) is 10.2 Å². The van der Waals surface area contributed by atoms with Gasteiger partial charge in [-0.15, -0.1) is 24.2 Å². The van der Waals surface area contributed by atoms with Crippen molar-refractivity contribution < 1.29 is 4.79 Å². The van der Waals surface area contributed by atoms with E-state index in [1.807, 2.05) is 19.1 Å². The third-order valence-electron chi connectivity index (χ3n) is 1.73. The van der Waals surface area contributed by atoms with Crippen molar-refractivity contribution in [2.75, 3.05) is 11.2 Å². The molecule has 0 atom stereocenters. The summed E-state index contributed by atoms with van der Waals surface area (Å²) in [4.78, 5) is 11.2. The fourth-order valence-electron chi connectivity index (χ4n) is 1.01. The van der Waals surface area contributed by atoms with E-state index < -0.39 is 0 Å². The van der Waals surface area contributed by atoms with Crippen LogP contribution in [-0.2, 0) is 4.79 Å². The quantitative estimate of drug-likeness (QED) is 0.521. The average molecular weight is 293 g/mol. The zero-order valence-corrected chi connectivity index (χ0v) is 12.0. The first-order valence-electron chi connectivity index (χ1n) is 4.87. The number of rotatable bonds is 4. The molecule has 0 fully saturated rings. The first kappa shape index (κ1) is 16.3. The van der Waals surface area contributed by atoms with E-state index in [0.717, 1.165) is 5.75 Å². The molecule has 1 rings (SSSR count). The molecule has 0 unspecified atom stereocenters. The van der Waals surface area contributed by atoms with Gasteiger partial charge in [0.15, 0.2) is 10.8 Å². The smallest absolute Gasteiger partial charge is 0.186 e. The largest absolute Gasteiger partial charge is 0.292 e. The van der Waals surface area contributed by atoms with Gasteiger partial charge in [-0.1, -0.05) is 30.7 Å². The van der Waals surface area contributed by atoms with Crippen LogP contribution in [0.1, 0.15) is 13.8 Å². The topological polar surface area (TPSA) is 41.5 Å². The maximum absolute atomic E-state index is 11.2. The number of hydrogen-bond acceptors (Lipinski definition) is 4. The molecule has 0 heterocycles. The van der Waals surface area contributed by atoms with Crippen molar-refractivity contribution in [3.8, 4) is 0 Å². The number of Topliss-reactive ketones (excluding diaryl/α,β-unsaturated/α-hetero) is 1. The highest BCUT2D eigenvalue weighted by atomic mass is 35.5. The van der Waals surface area contributed by atoms with Crippen LogP contribution in [0.25, 0.3) is 0 Å². The number of benzene rings is 1. The highest BCUT2D eigenvalue weighted by molar-refractivity contribution is 8.15. The number of carbonyl (C=O) groups excluding carboxylic acids is 1. The Morgan fingerprint density at radius 3 is 2.65 bits per heavy atom. The second kappa shape index (κ2) is 8.39. The van der Waals surface area contributed by atoms with E-state index in [1.54, 1.807) is 12.1 Å². The summed E-state index contributed by atoms with van der Waals surface area (Å²) in [6, 6.07) is 7.26. The van der Waals surface area contributed by atoms with E-state index in [0.29, 0.717) is 15.8 Å². The summed E-state index contributed by atoms with van der Waals surface area (Å²) in [5.74, 6) is 0.759. The predicted molar refractivity (Wildman–Crippen MR) is 78.6 cm³/mol. The minimum absolute atomic E-state index is 0. The number of anilines is 1. The summed E-state index contributed by atoms with van der Waals surface area (Å²) in [6.07, 6.45) is 0. The molecule has 0 aliphatic heterocycles.